The molecule has 1 aromatic rings. The van der Waals surface area contributed by atoms with E-state index >= 15 is 0 Å². The number of nitrogens with two attached hydrogens (primary N) is 2. The number of carbonyl (C=O) groups is 2. The molecule has 6 N–H and O–H groups in total. The van der Waals surface area contributed by atoms with Gasteiger partial charge in [0.15, 0.2) is 0 Å². The third-order valence-corrected chi connectivity index (χ3v) is 3.78. The van der Waals surface area contributed by atoms with Crippen molar-refractivity contribution in [2.45, 2.75) is 58.4 Å². The van der Waals surface area contributed by atoms with E-state index in [4.69, 9.17) is 21.7 Å². The first-order valence-corrected chi connectivity index (χ1v) is 8.69. The Kier molecular flexibility index (Phi) is 11.5. The van der Waals surface area contributed by atoms with Crippen LogP contribution in [0.15, 0.2) is 24.3 Å². The molecule has 1 aromatic carbocycles. The second-order valence-corrected chi connectivity index (χ2v) is 6.63. The Balaban J connectivity index is 0.000000504. The highest BCUT2D eigenvalue weighted by Crippen LogP contribution is 2.17. The van der Waals surface area contributed by atoms with Gasteiger partial charge < -0.3 is 21.7 Å². The SMILES string of the molecule is CC(C)Cc1ccc(C(C)C(=O)O)cc1.NCCCC[C@H](N)C(=O)O. The van der Waals surface area contributed by atoms with E-state index in [1.807, 2.05) is 24.3 Å². The summed E-state index contributed by atoms with van der Waals surface area (Å²) in [6, 6.07) is 7.16. The van der Waals surface area contributed by atoms with E-state index < -0.39 is 23.9 Å². The van der Waals surface area contributed by atoms with Crippen LogP contribution in [0.3, 0.4) is 0 Å². The number of unbranched alkanes of at least 4 members (excludes halogenated alkanes) is 1. The molecule has 0 saturated heterocycles. The highest BCUT2D eigenvalue weighted by Gasteiger charge is 2.13. The van der Waals surface area contributed by atoms with Gasteiger partial charge in [-0.3, -0.25) is 9.59 Å². The first-order valence-electron chi connectivity index (χ1n) is 8.69. The topological polar surface area (TPSA) is 127 Å². The average Bonchev–Trinajstić information content (AvgIpc) is 2.55. The van der Waals surface area contributed by atoms with Crippen molar-refractivity contribution >= 4 is 11.9 Å². The molecule has 1 rings (SSSR count). The largest absolute Gasteiger partial charge is 0.481 e. The Labute approximate surface area is 150 Å². The lowest BCUT2D eigenvalue weighted by molar-refractivity contribution is -0.139. The number of carboxylic acid groups (broad SMARTS) is 2. The molecule has 0 aliphatic rings. The van der Waals surface area contributed by atoms with Crippen molar-refractivity contribution in [3.63, 3.8) is 0 Å². The molecule has 142 valence electrons. The van der Waals surface area contributed by atoms with Gasteiger partial charge in [-0.1, -0.05) is 44.5 Å². The van der Waals surface area contributed by atoms with Crippen molar-refractivity contribution in [1.82, 2.24) is 0 Å². The molecule has 6 heteroatoms. The molecule has 0 heterocycles. The summed E-state index contributed by atoms with van der Waals surface area (Å²) in [5, 5.41) is 17.2. The lowest BCUT2D eigenvalue weighted by atomic mass is 9.97. The first kappa shape index (κ1) is 23.1. The van der Waals surface area contributed by atoms with Crippen LogP contribution >= 0.6 is 0 Å². The smallest absolute Gasteiger partial charge is 0.320 e. The third-order valence-electron chi connectivity index (χ3n) is 3.78. The average molecular weight is 352 g/mol. The van der Waals surface area contributed by atoms with Gasteiger partial charge in [0, 0.05) is 0 Å². The van der Waals surface area contributed by atoms with Crippen molar-refractivity contribution in [2.75, 3.05) is 6.54 Å². The van der Waals surface area contributed by atoms with E-state index in [0.29, 0.717) is 18.9 Å². The standard InChI is InChI=1S/C13H18O2.C6H14N2O2/c1-9(2)8-11-4-6-12(7-5-11)10(3)13(14)15;7-4-2-1-3-5(8)6(9)10/h4-7,9-10H,8H2,1-3H3,(H,14,15);5H,1-4,7-8H2,(H,9,10)/t;5-/m.0/s1. The lowest BCUT2D eigenvalue weighted by Gasteiger charge is -2.09. The number of aliphatic carboxylic acids is 2. The van der Waals surface area contributed by atoms with Crippen LogP contribution in [0.4, 0.5) is 0 Å². The lowest BCUT2D eigenvalue weighted by Crippen LogP contribution is -2.29. The monoisotopic (exact) mass is 352 g/mol. The van der Waals surface area contributed by atoms with Crippen LogP contribution < -0.4 is 11.5 Å². The van der Waals surface area contributed by atoms with E-state index in [9.17, 15) is 9.59 Å². The summed E-state index contributed by atoms with van der Waals surface area (Å²) in [5.74, 6) is -1.49. The van der Waals surface area contributed by atoms with Crippen LogP contribution in [0.1, 0.15) is 57.1 Å². The van der Waals surface area contributed by atoms with Gasteiger partial charge in [-0.2, -0.15) is 0 Å². The zero-order valence-electron chi connectivity index (χ0n) is 15.4. The van der Waals surface area contributed by atoms with Crippen molar-refractivity contribution in [3.05, 3.63) is 35.4 Å². The van der Waals surface area contributed by atoms with Crippen molar-refractivity contribution < 1.29 is 19.8 Å². The van der Waals surface area contributed by atoms with Gasteiger partial charge in [0.1, 0.15) is 6.04 Å². The van der Waals surface area contributed by atoms with Gasteiger partial charge in [-0.25, -0.2) is 0 Å². The fourth-order valence-electron chi connectivity index (χ4n) is 2.19. The van der Waals surface area contributed by atoms with E-state index in [1.54, 1.807) is 6.92 Å². The third kappa shape index (κ3) is 10.5. The summed E-state index contributed by atoms with van der Waals surface area (Å²) in [6.45, 7) is 6.66. The Morgan fingerprint density at radius 3 is 1.96 bits per heavy atom. The molecule has 0 amide bonds. The zero-order chi connectivity index (χ0) is 19.4. The van der Waals surface area contributed by atoms with Gasteiger partial charge in [0.2, 0.25) is 0 Å². The van der Waals surface area contributed by atoms with E-state index in [-0.39, 0.29) is 0 Å². The minimum Gasteiger partial charge on any atom is -0.481 e. The van der Waals surface area contributed by atoms with E-state index in [1.165, 1.54) is 5.56 Å². The molecule has 0 radical (unpaired) electrons. The van der Waals surface area contributed by atoms with E-state index in [2.05, 4.69) is 13.8 Å². The number of benzene rings is 1. The molecule has 0 bridgehead atoms. The predicted molar refractivity (Wildman–Crippen MR) is 99.6 cm³/mol. The van der Waals surface area contributed by atoms with Gasteiger partial charge in [-0.05, 0) is 49.8 Å². The molecule has 6 nitrogen and oxygen atoms in total. The number of hydrogen-bond acceptors (Lipinski definition) is 4. The first-order chi connectivity index (χ1) is 11.7. The Morgan fingerprint density at radius 1 is 1.00 bits per heavy atom. The Bertz CT molecular complexity index is 515. The molecule has 2 atom stereocenters. The van der Waals surface area contributed by atoms with Gasteiger partial charge in [-0.15, -0.1) is 0 Å². The minimum absolute atomic E-state index is 0.418. The number of hydrogen-bond donors (Lipinski definition) is 4. The predicted octanol–water partition coefficient (Wildman–Crippen LogP) is 2.60. The molecule has 0 fully saturated rings. The highest BCUT2D eigenvalue weighted by atomic mass is 16.4. The van der Waals surface area contributed by atoms with E-state index in [0.717, 1.165) is 24.8 Å². The molecule has 0 aromatic heterocycles. The molecule has 0 saturated carbocycles. The maximum atomic E-state index is 10.8. The summed E-state index contributed by atoms with van der Waals surface area (Å²) in [4.78, 5) is 20.9. The molecular weight excluding hydrogens is 320 g/mol. The summed E-state index contributed by atoms with van der Waals surface area (Å²) in [5.41, 5.74) is 12.6. The minimum atomic E-state index is -0.933. The molecular formula is C19H32N2O4. The van der Waals surface area contributed by atoms with Crippen LogP contribution in [0.5, 0.6) is 0 Å². The van der Waals surface area contributed by atoms with Crippen LogP contribution in [0.25, 0.3) is 0 Å². The highest BCUT2D eigenvalue weighted by molar-refractivity contribution is 5.75. The van der Waals surface area contributed by atoms with Crippen LogP contribution in [0, 0.1) is 5.92 Å². The molecule has 0 aliphatic carbocycles. The summed E-state index contributed by atoms with van der Waals surface area (Å²) in [6.07, 6.45) is 3.21. The second-order valence-electron chi connectivity index (χ2n) is 6.63. The maximum absolute atomic E-state index is 10.8. The Morgan fingerprint density at radius 2 is 1.56 bits per heavy atom. The number of rotatable bonds is 9. The van der Waals surface area contributed by atoms with Gasteiger partial charge >= 0.3 is 11.9 Å². The van der Waals surface area contributed by atoms with Gasteiger partial charge in [0.05, 0.1) is 5.92 Å². The van der Waals surface area contributed by atoms with Crippen LogP contribution in [0.2, 0.25) is 0 Å². The van der Waals surface area contributed by atoms with Gasteiger partial charge in [0.25, 0.3) is 0 Å². The van der Waals surface area contributed by atoms with Crippen molar-refractivity contribution in [3.8, 4) is 0 Å². The summed E-state index contributed by atoms with van der Waals surface area (Å²) in [7, 11) is 0. The van der Waals surface area contributed by atoms with Crippen molar-refractivity contribution in [2.24, 2.45) is 17.4 Å². The molecule has 1 unspecified atom stereocenters. The molecule has 25 heavy (non-hydrogen) atoms. The summed E-state index contributed by atoms with van der Waals surface area (Å²) < 4.78 is 0. The zero-order valence-corrected chi connectivity index (χ0v) is 15.4. The maximum Gasteiger partial charge on any atom is 0.320 e. The summed E-state index contributed by atoms with van der Waals surface area (Å²) >= 11 is 0. The molecule has 0 aliphatic heterocycles. The molecule has 0 spiro atoms. The Hall–Kier alpha value is -1.92. The fourth-order valence-corrected chi connectivity index (χ4v) is 2.19. The van der Waals surface area contributed by atoms with Crippen molar-refractivity contribution in [1.29, 1.82) is 0 Å². The number of carboxylic acids is 2. The fraction of sp³-hybridized carbons (Fsp3) is 0.579. The quantitative estimate of drug-likeness (QED) is 0.506. The normalized spacial score (nSPS) is 12.9. The van der Waals surface area contributed by atoms with Crippen LogP contribution in [-0.2, 0) is 16.0 Å². The second kappa shape index (κ2) is 12.4. The van der Waals surface area contributed by atoms with Crippen LogP contribution in [-0.4, -0.2) is 34.7 Å².